The number of benzene rings is 1. The standard InChI is InChI=1S/C24H26N4O2/c25-12-18-6-9-22(26-13-18)28-20-7-8-21(28)15-27(14-20)23(29)16-30-17-24(10-11-24)19-4-2-1-3-5-19/h1-6,9,13,20-21H,7-8,10-11,14-17H2/t20-,21?/m0/s1. The molecule has 2 atom stereocenters. The largest absolute Gasteiger partial charge is 0.371 e. The van der Waals surface area contributed by atoms with Gasteiger partial charge in [-0.2, -0.15) is 5.26 Å². The van der Waals surface area contributed by atoms with Crippen LogP contribution in [0.1, 0.15) is 36.8 Å². The van der Waals surface area contributed by atoms with Crippen LogP contribution in [0.15, 0.2) is 48.7 Å². The fourth-order valence-corrected chi connectivity index (χ4v) is 4.97. The molecule has 1 aromatic heterocycles. The monoisotopic (exact) mass is 402 g/mol. The molecule has 3 fully saturated rings. The predicted octanol–water partition coefficient (Wildman–Crippen LogP) is 2.88. The molecule has 1 aromatic carbocycles. The van der Waals surface area contributed by atoms with E-state index in [-0.39, 0.29) is 30.0 Å². The minimum Gasteiger partial charge on any atom is -0.371 e. The zero-order chi connectivity index (χ0) is 20.6. The van der Waals surface area contributed by atoms with Crippen molar-refractivity contribution in [2.24, 2.45) is 0 Å². The molecule has 2 aromatic rings. The first-order chi connectivity index (χ1) is 14.7. The molecule has 1 amide bonds. The summed E-state index contributed by atoms with van der Waals surface area (Å²) >= 11 is 0. The van der Waals surface area contributed by atoms with Crippen molar-refractivity contribution in [3.8, 4) is 6.07 Å². The molecule has 6 heteroatoms. The van der Waals surface area contributed by atoms with Gasteiger partial charge in [0, 0.05) is 36.8 Å². The number of rotatable bonds is 6. The van der Waals surface area contributed by atoms with Gasteiger partial charge < -0.3 is 14.5 Å². The maximum absolute atomic E-state index is 12.8. The number of hydrogen-bond acceptors (Lipinski definition) is 5. The molecular weight excluding hydrogens is 376 g/mol. The van der Waals surface area contributed by atoms with Crippen LogP contribution in [0.4, 0.5) is 5.82 Å². The summed E-state index contributed by atoms with van der Waals surface area (Å²) in [7, 11) is 0. The smallest absolute Gasteiger partial charge is 0.248 e. The van der Waals surface area contributed by atoms with Crippen LogP contribution in [0.2, 0.25) is 0 Å². The Labute approximate surface area is 177 Å². The lowest BCUT2D eigenvalue weighted by Crippen LogP contribution is -2.56. The summed E-state index contributed by atoms with van der Waals surface area (Å²) in [6.07, 6.45) is 6.01. The Morgan fingerprint density at radius 3 is 2.47 bits per heavy atom. The van der Waals surface area contributed by atoms with Gasteiger partial charge in [-0.1, -0.05) is 30.3 Å². The lowest BCUT2D eigenvalue weighted by atomic mass is 9.97. The van der Waals surface area contributed by atoms with Crippen molar-refractivity contribution in [1.82, 2.24) is 9.88 Å². The number of anilines is 1. The third kappa shape index (κ3) is 3.54. The lowest BCUT2D eigenvalue weighted by molar-refractivity contribution is -0.137. The van der Waals surface area contributed by atoms with Crippen LogP contribution >= 0.6 is 0 Å². The number of pyridine rings is 1. The fraction of sp³-hybridized carbons (Fsp3) is 0.458. The number of nitrogens with zero attached hydrogens (tertiary/aromatic N) is 4. The second kappa shape index (κ2) is 7.73. The van der Waals surface area contributed by atoms with Crippen molar-refractivity contribution in [2.75, 3.05) is 31.2 Å². The van der Waals surface area contributed by atoms with Crippen LogP contribution in [-0.2, 0) is 14.9 Å². The summed E-state index contributed by atoms with van der Waals surface area (Å²) in [5, 5.41) is 8.98. The van der Waals surface area contributed by atoms with Crippen molar-refractivity contribution >= 4 is 11.7 Å². The van der Waals surface area contributed by atoms with Crippen molar-refractivity contribution in [3.05, 3.63) is 59.8 Å². The Morgan fingerprint density at radius 2 is 1.87 bits per heavy atom. The van der Waals surface area contributed by atoms with E-state index < -0.39 is 0 Å². The zero-order valence-corrected chi connectivity index (χ0v) is 17.0. The quantitative estimate of drug-likeness (QED) is 0.743. The van der Waals surface area contributed by atoms with Crippen LogP contribution in [0, 0.1) is 11.3 Å². The van der Waals surface area contributed by atoms with E-state index in [1.165, 1.54) is 5.56 Å². The molecule has 1 unspecified atom stereocenters. The topological polar surface area (TPSA) is 69.5 Å². The Morgan fingerprint density at radius 1 is 1.13 bits per heavy atom. The normalized spacial score (nSPS) is 23.8. The first kappa shape index (κ1) is 19.1. The highest BCUT2D eigenvalue weighted by atomic mass is 16.5. The van der Waals surface area contributed by atoms with E-state index in [0.29, 0.717) is 25.3 Å². The number of fused-ring (bicyclic) bond motifs is 2. The van der Waals surface area contributed by atoms with Crippen molar-refractivity contribution in [2.45, 2.75) is 43.2 Å². The van der Waals surface area contributed by atoms with Crippen LogP contribution in [0.3, 0.4) is 0 Å². The SMILES string of the molecule is N#Cc1ccc(N2C3CC[C@H]2CN(C(=O)COCC2(c4ccccc4)CC2)C3)nc1. The summed E-state index contributed by atoms with van der Waals surface area (Å²) < 4.78 is 5.91. The van der Waals surface area contributed by atoms with Gasteiger partial charge in [-0.25, -0.2) is 4.98 Å². The molecule has 5 rings (SSSR count). The highest BCUT2D eigenvalue weighted by Gasteiger charge is 2.45. The average Bonchev–Trinajstić information content (AvgIpc) is 3.54. The van der Waals surface area contributed by atoms with Gasteiger partial charge >= 0.3 is 0 Å². The summed E-state index contributed by atoms with van der Waals surface area (Å²) in [5.74, 6) is 0.992. The number of nitriles is 1. The molecule has 1 saturated carbocycles. The lowest BCUT2D eigenvalue weighted by Gasteiger charge is -2.41. The van der Waals surface area contributed by atoms with Crippen LogP contribution in [0.5, 0.6) is 0 Å². The van der Waals surface area contributed by atoms with Gasteiger partial charge in [0.15, 0.2) is 0 Å². The van der Waals surface area contributed by atoms with Crippen LogP contribution in [0.25, 0.3) is 0 Å². The molecule has 1 aliphatic carbocycles. The van der Waals surface area contributed by atoms with Gasteiger partial charge in [-0.05, 0) is 43.4 Å². The molecule has 2 bridgehead atoms. The molecule has 154 valence electrons. The molecule has 3 heterocycles. The van der Waals surface area contributed by atoms with Crippen molar-refractivity contribution in [3.63, 3.8) is 0 Å². The third-order valence-electron chi connectivity index (χ3n) is 6.82. The highest BCUT2D eigenvalue weighted by molar-refractivity contribution is 5.78. The van der Waals surface area contributed by atoms with E-state index >= 15 is 0 Å². The number of aromatic nitrogens is 1. The van der Waals surface area contributed by atoms with Gasteiger partial charge in [0.1, 0.15) is 18.5 Å². The van der Waals surface area contributed by atoms with Crippen molar-refractivity contribution < 1.29 is 9.53 Å². The summed E-state index contributed by atoms with van der Waals surface area (Å²) in [4.78, 5) is 21.6. The van der Waals surface area contributed by atoms with E-state index in [0.717, 1.165) is 31.5 Å². The number of ether oxygens (including phenoxy) is 1. The Hall–Kier alpha value is -2.91. The maximum atomic E-state index is 12.8. The van der Waals surface area contributed by atoms with E-state index in [1.54, 1.807) is 6.20 Å². The molecular formula is C24H26N4O2. The predicted molar refractivity (Wildman–Crippen MR) is 113 cm³/mol. The Balaban J connectivity index is 1.16. The molecule has 0 spiro atoms. The zero-order valence-electron chi connectivity index (χ0n) is 17.0. The first-order valence-electron chi connectivity index (χ1n) is 10.7. The van der Waals surface area contributed by atoms with Gasteiger partial charge in [-0.3, -0.25) is 4.79 Å². The van der Waals surface area contributed by atoms with Gasteiger partial charge in [-0.15, -0.1) is 0 Å². The maximum Gasteiger partial charge on any atom is 0.248 e. The molecule has 30 heavy (non-hydrogen) atoms. The first-order valence-corrected chi connectivity index (χ1v) is 10.7. The van der Waals surface area contributed by atoms with Crippen molar-refractivity contribution in [1.29, 1.82) is 5.26 Å². The van der Waals surface area contributed by atoms with Crippen LogP contribution < -0.4 is 4.90 Å². The highest BCUT2D eigenvalue weighted by Crippen LogP contribution is 2.48. The fourth-order valence-electron chi connectivity index (χ4n) is 4.97. The Bertz CT molecular complexity index is 935. The van der Waals surface area contributed by atoms with Gasteiger partial charge in [0.2, 0.25) is 5.91 Å². The van der Waals surface area contributed by atoms with E-state index in [2.05, 4.69) is 40.2 Å². The van der Waals surface area contributed by atoms with Crippen LogP contribution in [-0.4, -0.2) is 54.2 Å². The van der Waals surface area contributed by atoms with E-state index in [9.17, 15) is 4.79 Å². The Kier molecular flexibility index (Phi) is 4.92. The third-order valence-corrected chi connectivity index (χ3v) is 6.82. The molecule has 6 nitrogen and oxygen atoms in total. The number of piperazine rings is 1. The summed E-state index contributed by atoms with van der Waals surface area (Å²) in [5.41, 5.74) is 2.00. The molecule has 2 aliphatic heterocycles. The molecule has 2 saturated heterocycles. The summed E-state index contributed by atoms with van der Waals surface area (Å²) in [6.45, 7) is 2.20. The second-order valence-corrected chi connectivity index (χ2v) is 8.75. The number of hydrogen-bond donors (Lipinski definition) is 0. The van der Waals surface area contributed by atoms with Gasteiger partial charge in [0.05, 0.1) is 12.2 Å². The average molecular weight is 402 g/mol. The van der Waals surface area contributed by atoms with E-state index in [4.69, 9.17) is 10.00 Å². The number of carbonyl (C=O) groups is 1. The van der Waals surface area contributed by atoms with Gasteiger partial charge in [0.25, 0.3) is 0 Å². The number of carbonyl (C=O) groups excluding carboxylic acids is 1. The van der Waals surface area contributed by atoms with E-state index in [1.807, 2.05) is 23.1 Å². The summed E-state index contributed by atoms with van der Waals surface area (Å²) in [6, 6.07) is 16.9. The number of amides is 1. The second-order valence-electron chi connectivity index (χ2n) is 8.75. The molecule has 0 radical (unpaired) electrons. The number of likely N-dealkylation sites (tertiary alicyclic amines) is 1. The molecule has 3 aliphatic rings. The molecule has 0 N–H and O–H groups in total. The minimum absolute atomic E-state index is 0.0863. The minimum atomic E-state index is 0.0863.